The van der Waals surface area contributed by atoms with Crippen LogP contribution in [-0.2, 0) is 14.3 Å². The molecule has 21 heavy (non-hydrogen) atoms. The highest BCUT2D eigenvalue weighted by atomic mass is 19.4. The summed E-state index contributed by atoms with van der Waals surface area (Å²) in [5, 5.41) is 9.05. The van der Waals surface area contributed by atoms with Crippen LogP contribution in [0.3, 0.4) is 0 Å². The van der Waals surface area contributed by atoms with E-state index in [-0.39, 0.29) is 0 Å². The van der Waals surface area contributed by atoms with Gasteiger partial charge in [-0.15, -0.1) is 0 Å². The van der Waals surface area contributed by atoms with Crippen LogP contribution in [0, 0.1) is 0 Å². The average Bonchev–Trinajstić information content (AvgIpc) is 2.67. The first-order valence-electron chi connectivity index (χ1n) is 6.17. The molecule has 0 aliphatic carbocycles. The Morgan fingerprint density at radius 3 is 2.14 bits per heavy atom. The Morgan fingerprint density at radius 1 is 1.29 bits per heavy atom. The van der Waals surface area contributed by atoms with Crippen molar-refractivity contribution in [2.24, 2.45) is 0 Å². The third-order valence-corrected chi connectivity index (χ3v) is 3.15. The number of halogens is 3. The molecule has 0 radical (unpaired) electrons. The van der Waals surface area contributed by atoms with E-state index in [4.69, 9.17) is 9.84 Å². The average molecular weight is 313 g/mol. The van der Waals surface area contributed by atoms with E-state index in [1.165, 1.54) is 20.8 Å². The molecule has 0 aromatic carbocycles. The summed E-state index contributed by atoms with van der Waals surface area (Å²) >= 11 is 0. The molecule has 1 amide bonds. The first kappa shape index (κ1) is 17.5. The molecular formula is C12H18F3NO5. The zero-order valence-corrected chi connectivity index (χ0v) is 12.2. The lowest BCUT2D eigenvalue weighted by atomic mass is 9.99. The lowest BCUT2D eigenvalue weighted by molar-refractivity contribution is -0.263. The molecule has 0 bridgehead atoms. The van der Waals surface area contributed by atoms with E-state index in [0.29, 0.717) is 4.90 Å². The van der Waals surface area contributed by atoms with E-state index in [1.54, 1.807) is 0 Å². The fourth-order valence-corrected chi connectivity index (χ4v) is 2.07. The van der Waals surface area contributed by atoms with Gasteiger partial charge in [-0.2, -0.15) is 13.2 Å². The number of rotatable bonds is 2. The zero-order chi connectivity index (χ0) is 16.6. The molecule has 0 saturated carbocycles. The number of methoxy groups -OCH3 is 1. The van der Waals surface area contributed by atoms with Crippen LogP contribution in [0.1, 0.15) is 27.2 Å². The summed E-state index contributed by atoms with van der Waals surface area (Å²) in [5.74, 6) is -1.54. The number of aliphatic carboxylic acids is 1. The Bertz CT molecular complexity index is 432. The SMILES string of the molecule is COC1(C(F)(F)F)CC(C(=O)O)N(C(=O)OC(C)(C)C)C1. The second-order valence-electron chi connectivity index (χ2n) is 5.86. The van der Waals surface area contributed by atoms with Gasteiger partial charge in [0.15, 0.2) is 5.60 Å². The second-order valence-corrected chi connectivity index (χ2v) is 5.86. The van der Waals surface area contributed by atoms with Crippen molar-refractivity contribution >= 4 is 12.1 Å². The van der Waals surface area contributed by atoms with Crippen molar-refractivity contribution in [2.75, 3.05) is 13.7 Å². The fraction of sp³-hybridized carbons (Fsp3) is 0.833. The number of hydrogen-bond donors (Lipinski definition) is 1. The molecular weight excluding hydrogens is 295 g/mol. The highest BCUT2D eigenvalue weighted by molar-refractivity contribution is 5.81. The molecule has 2 unspecified atom stereocenters. The van der Waals surface area contributed by atoms with Gasteiger partial charge in [0, 0.05) is 13.5 Å². The van der Waals surface area contributed by atoms with E-state index in [2.05, 4.69) is 4.74 Å². The fourth-order valence-electron chi connectivity index (χ4n) is 2.07. The van der Waals surface area contributed by atoms with Gasteiger partial charge in [0.2, 0.25) is 0 Å². The molecule has 122 valence electrons. The number of carbonyl (C=O) groups excluding carboxylic acids is 1. The second kappa shape index (κ2) is 5.36. The van der Waals surface area contributed by atoms with E-state index in [1.807, 2.05) is 0 Å². The maximum absolute atomic E-state index is 13.1. The highest BCUT2D eigenvalue weighted by Crippen LogP contribution is 2.43. The molecule has 1 N–H and O–H groups in total. The van der Waals surface area contributed by atoms with Crippen LogP contribution in [0.15, 0.2) is 0 Å². The molecule has 1 fully saturated rings. The zero-order valence-electron chi connectivity index (χ0n) is 12.2. The Kier molecular flexibility index (Phi) is 4.48. The van der Waals surface area contributed by atoms with Gasteiger partial charge in [0.05, 0.1) is 6.54 Å². The Labute approximate surface area is 119 Å². The van der Waals surface area contributed by atoms with Gasteiger partial charge in [-0.1, -0.05) is 0 Å². The highest BCUT2D eigenvalue weighted by Gasteiger charge is 2.64. The van der Waals surface area contributed by atoms with Crippen molar-refractivity contribution in [2.45, 2.75) is 50.6 Å². The van der Waals surface area contributed by atoms with Crippen molar-refractivity contribution in [3.05, 3.63) is 0 Å². The Morgan fingerprint density at radius 2 is 1.81 bits per heavy atom. The van der Waals surface area contributed by atoms with Gasteiger partial charge in [-0.25, -0.2) is 9.59 Å². The molecule has 9 heteroatoms. The Hall–Kier alpha value is -1.51. The van der Waals surface area contributed by atoms with Crippen LogP contribution in [0.25, 0.3) is 0 Å². The maximum Gasteiger partial charge on any atom is 0.419 e. The first-order valence-corrected chi connectivity index (χ1v) is 6.17. The number of nitrogens with zero attached hydrogens (tertiary/aromatic N) is 1. The lowest BCUT2D eigenvalue weighted by Crippen LogP contribution is -2.50. The van der Waals surface area contributed by atoms with Crippen molar-refractivity contribution in [1.29, 1.82) is 0 Å². The summed E-state index contributed by atoms with van der Waals surface area (Å²) in [6, 6.07) is -1.65. The summed E-state index contributed by atoms with van der Waals surface area (Å²) in [7, 11) is 0.838. The van der Waals surface area contributed by atoms with Crippen LogP contribution >= 0.6 is 0 Å². The van der Waals surface area contributed by atoms with Gasteiger partial charge in [0.1, 0.15) is 11.6 Å². The largest absolute Gasteiger partial charge is 0.480 e. The molecule has 0 spiro atoms. The predicted molar refractivity (Wildman–Crippen MR) is 64.8 cm³/mol. The molecule has 1 heterocycles. The van der Waals surface area contributed by atoms with Gasteiger partial charge in [0.25, 0.3) is 0 Å². The predicted octanol–water partition coefficient (Wildman–Crippen LogP) is 2.03. The quantitative estimate of drug-likeness (QED) is 0.844. The molecule has 2 atom stereocenters. The van der Waals surface area contributed by atoms with Crippen molar-refractivity contribution < 1.29 is 37.3 Å². The van der Waals surface area contributed by atoms with Gasteiger partial charge in [-0.05, 0) is 20.8 Å². The summed E-state index contributed by atoms with van der Waals surface area (Å²) in [6.07, 6.45) is -6.79. The van der Waals surface area contributed by atoms with Gasteiger partial charge in [-0.3, -0.25) is 4.90 Å². The standard InChI is InChI=1S/C12H18F3NO5/c1-10(2,3)21-9(19)16-6-11(20-4,12(13,14)15)5-7(16)8(17)18/h7H,5-6H2,1-4H3,(H,17,18). The normalized spacial score (nSPS) is 26.8. The summed E-state index contributed by atoms with van der Waals surface area (Å²) in [4.78, 5) is 23.6. The number of alkyl halides is 3. The Balaban J connectivity index is 3.08. The smallest absolute Gasteiger partial charge is 0.419 e. The van der Waals surface area contributed by atoms with Crippen molar-refractivity contribution in [3.8, 4) is 0 Å². The molecule has 6 nitrogen and oxygen atoms in total. The van der Waals surface area contributed by atoms with E-state index < -0.39 is 48.4 Å². The number of carboxylic acid groups (broad SMARTS) is 1. The summed E-state index contributed by atoms with van der Waals surface area (Å²) in [5.41, 5.74) is -3.65. The third kappa shape index (κ3) is 3.58. The van der Waals surface area contributed by atoms with E-state index in [9.17, 15) is 22.8 Å². The molecule has 0 aromatic heterocycles. The summed E-state index contributed by atoms with van der Waals surface area (Å²) < 4.78 is 48.9. The molecule has 1 aliphatic rings. The van der Waals surface area contributed by atoms with Crippen LogP contribution in [0.4, 0.5) is 18.0 Å². The monoisotopic (exact) mass is 313 g/mol. The molecule has 1 aliphatic heterocycles. The van der Waals surface area contributed by atoms with Gasteiger partial charge < -0.3 is 14.6 Å². The molecule has 1 rings (SSSR count). The molecule has 1 saturated heterocycles. The third-order valence-electron chi connectivity index (χ3n) is 3.15. The van der Waals surface area contributed by atoms with E-state index >= 15 is 0 Å². The van der Waals surface area contributed by atoms with E-state index in [0.717, 1.165) is 7.11 Å². The first-order chi connectivity index (χ1) is 9.33. The minimum atomic E-state index is -4.80. The van der Waals surface area contributed by atoms with Gasteiger partial charge >= 0.3 is 18.2 Å². The lowest BCUT2D eigenvalue weighted by Gasteiger charge is -2.30. The number of carbonyl (C=O) groups is 2. The van der Waals surface area contributed by atoms with Crippen LogP contribution in [0.5, 0.6) is 0 Å². The number of ether oxygens (including phenoxy) is 2. The minimum Gasteiger partial charge on any atom is -0.480 e. The molecule has 0 aromatic rings. The summed E-state index contributed by atoms with van der Waals surface area (Å²) in [6.45, 7) is 3.68. The van der Waals surface area contributed by atoms with Crippen LogP contribution in [0.2, 0.25) is 0 Å². The number of amides is 1. The van der Waals surface area contributed by atoms with Crippen molar-refractivity contribution in [3.63, 3.8) is 0 Å². The maximum atomic E-state index is 13.1. The van der Waals surface area contributed by atoms with Crippen LogP contribution in [-0.4, -0.2) is 59.1 Å². The minimum absolute atomic E-state index is 0.546. The van der Waals surface area contributed by atoms with Crippen molar-refractivity contribution in [1.82, 2.24) is 4.90 Å². The number of carboxylic acids is 1. The topological polar surface area (TPSA) is 76.1 Å². The number of hydrogen-bond acceptors (Lipinski definition) is 4. The van der Waals surface area contributed by atoms with Crippen LogP contribution < -0.4 is 0 Å². The number of likely N-dealkylation sites (tertiary alicyclic amines) is 1.